The predicted molar refractivity (Wildman–Crippen MR) is 152 cm³/mol. The second-order valence-electron chi connectivity index (χ2n) is 10.6. The van der Waals surface area contributed by atoms with E-state index in [-0.39, 0.29) is 43.8 Å². The van der Waals surface area contributed by atoms with Crippen LogP contribution < -0.4 is 0 Å². The van der Waals surface area contributed by atoms with Crippen LogP contribution in [0.2, 0.25) is 0 Å². The quantitative estimate of drug-likeness (QED) is 0.422. The number of aliphatic hydroxyl groups is 1. The number of carbonyl (C=O) groups is 2. The molecule has 0 saturated carbocycles. The van der Waals surface area contributed by atoms with Crippen molar-refractivity contribution >= 4 is 23.4 Å². The number of imidazole rings is 1. The molecule has 1 unspecified atom stereocenters. The first-order valence-corrected chi connectivity index (χ1v) is 15.0. The number of nitrogens with zero attached hydrogens (tertiary/aromatic N) is 5. The van der Waals surface area contributed by atoms with Gasteiger partial charge < -0.3 is 29.1 Å². The molecule has 0 spiro atoms. The molecular formula is C29H35N5O5S. The number of hydrogen-bond donors (Lipinski definition) is 2. The van der Waals surface area contributed by atoms with Gasteiger partial charge in [-0.1, -0.05) is 60.7 Å². The first-order valence-electron chi connectivity index (χ1n) is 13.5. The van der Waals surface area contributed by atoms with E-state index in [9.17, 15) is 24.4 Å². The van der Waals surface area contributed by atoms with Crippen LogP contribution in [0, 0.1) is 0 Å². The third-order valence-electron chi connectivity index (χ3n) is 7.90. The molecule has 2 N–H and O–H groups in total. The molecule has 0 radical (unpaired) electrons. The summed E-state index contributed by atoms with van der Waals surface area (Å²) in [4.78, 5) is 33.6. The van der Waals surface area contributed by atoms with E-state index in [4.69, 9.17) is 0 Å². The summed E-state index contributed by atoms with van der Waals surface area (Å²) in [6.07, 6.45) is 3.69. The van der Waals surface area contributed by atoms with Gasteiger partial charge in [-0.2, -0.15) is 0 Å². The van der Waals surface area contributed by atoms with E-state index in [1.54, 1.807) is 17.5 Å². The highest BCUT2D eigenvalue weighted by atomic mass is 32.2. The van der Waals surface area contributed by atoms with Crippen LogP contribution in [-0.2, 0) is 24.3 Å². The summed E-state index contributed by atoms with van der Waals surface area (Å²) in [6, 6.07) is 18.9. The standard InChI is InChI=1S/C29H35N5O5S/c1-40(39)33-14-12-29(38,13-15-33)20-32-21-30-25(26(32)23-10-6-3-7-11-23)27(35)34-17-16-31(28(36)37)19-24(34)18-22-8-4-2-5-9-22/h2-11,21,24,38H,12-20H2,1H3,(H,36,37)/t24-,40?/m1/s1. The molecule has 2 aliphatic heterocycles. The molecule has 3 heterocycles. The molecule has 212 valence electrons. The number of piperidine rings is 1. The Morgan fingerprint density at radius 2 is 1.68 bits per heavy atom. The number of hydrogen-bond acceptors (Lipinski definition) is 6. The minimum absolute atomic E-state index is 0.215. The second kappa shape index (κ2) is 12.0. The van der Waals surface area contributed by atoms with Crippen LogP contribution in [0.25, 0.3) is 11.3 Å². The summed E-state index contributed by atoms with van der Waals surface area (Å²) in [5.74, 6) is -0.258. The summed E-state index contributed by atoms with van der Waals surface area (Å²) in [5.41, 5.74) is 1.71. The molecule has 5 rings (SSSR count). The van der Waals surface area contributed by atoms with Gasteiger partial charge >= 0.3 is 6.09 Å². The lowest BCUT2D eigenvalue weighted by Gasteiger charge is -2.40. The summed E-state index contributed by atoms with van der Waals surface area (Å²) in [7, 11) is 0. The Morgan fingerprint density at radius 3 is 2.30 bits per heavy atom. The highest BCUT2D eigenvalue weighted by Gasteiger charge is 2.38. The predicted octanol–water partition coefficient (Wildman–Crippen LogP) is 2.72. The zero-order valence-electron chi connectivity index (χ0n) is 22.6. The third kappa shape index (κ3) is 6.17. The van der Waals surface area contributed by atoms with Gasteiger partial charge in [0.2, 0.25) is 0 Å². The smallest absolute Gasteiger partial charge is 0.407 e. The van der Waals surface area contributed by atoms with E-state index in [0.717, 1.165) is 11.1 Å². The Balaban J connectivity index is 1.45. The normalized spacial score (nSPS) is 20.3. The Bertz CT molecular complexity index is 1310. The molecule has 2 aliphatic rings. The van der Waals surface area contributed by atoms with Gasteiger partial charge in [-0.15, -0.1) is 4.31 Å². The number of benzene rings is 2. The van der Waals surface area contributed by atoms with Crippen LogP contribution in [0.15, 0.2) is 67.0 Å². The molecule has 40 heavy (non-hydrogen) atoms. The van der Waals surface area contributed by atoms with E-state index < -0.39 is 23.1 Å². The van der Waals surface area contributed by atoms with E-state index in [1.165, 1.54) is 4.90 Å². The van der Waals surface area contributed by atoms with Crippen molar-refractivity contribution in [3.05, 3.63) is 78.2 Å². The Labute approximate surface area is 237 Å². The number of aromatic nitrogens is 2. The second-order valence-corrected chi connectivity index (χ2v) is 11.9. The fraction of sp³-hybridized carbons (Fsp3) is 0.414. The molecule has 2 saturated heterocycles. The molecule has 2 aromatic carbocycles. The van der Waals surface area contributed by atoms with Gasteiger partial charge in [0.15, 0.2) is 5.69 Å². The summed E-state index contributed by atoms with van der Waals surface area (Å²) in [6.45, 7) is 2.00. The van der Waals surface area contributed by atoms with Gasteiger partial charge in [-0.25, -0.2) is 9.78 Å². The van der Waals surface area contributed by atoms with Crippen molar-refractivity contribution in [2.24, 2.45) is 0 Å². The van der Waals surface area contributed by atoms with Gasteiger partial charge in [0, 0.05) is 49.6 Å². The molecule has 0 aliphatic carbocycles. The maximum absolute atomic E-state index is 14.2. The molecule has 0 bridgehead atoms. The third-order valence-corrected chi connectivity index (χ3v) is 8.99. The van der Waals surface area contributed by atoms with Crippen molar-refractivity contribution in [1.82, 2.24) is 23.7 Å². The summed E-state index contributed by atoms with van der Waals surface area (Å²) in [5, 5.41) is 21.1. The van der Waals surface area contributed by atoms with Crippen LogP contribution >= 0.6 is 0 Å². The van der Waals surface area contributed by atoms with E-state index in [2.05, 4.69) is 4.98 Å². The first kappa shape index (κ1) is 28.2. The fourth-order valence-corrected chi connectivity index (χ4v) is 6.38. The lowest BCUT2D eigenvalue weighted by Crippen LogP contribution is -2.57. The van der Waals surface area contributed by atoms with E-state index >= 15 is 0 Å². The van der Waals surface area contributed by atoms with Crippen molar-refractivity contribution in [3.63, 3.8) is 0 Å². The molecular weight excluding hydrogens is 530 g/mol. The largest absolute Gasteiger partial charge is 0.598 e. The van der Waals surface area contributed by atoms with Gasteiger partial charge in [-0.3, -0.25) is 4.79 Å². The molecule has 2 fully saturated rings. The number of carbonyl (C=O) groups excluding carboxylic acids is 1. The zero-order valence-corrected chi connectivity index (χ0v) is 23.4. The van der Waals surface area contributed by atoms with Crippen molar-refractivity contribution in [2.75, 3.05) is 39.0 Å². The van der Waals surface area contributed by atoms with E-state index in [1.807, 2.05) is 69.5 Å². The Hall–Kier alpha value is -3.38. The topological polar surface area (TPSA) is 125 Å². The maximum Gasteiger partial charge on any atom is 0.407 e. The number of piperazine rings is 1. The molecule has 1 aromatic heterocycles. The van der Waals surface area contributed by atoms with Gasteiger partial charge in [0.25, 0.3) is 5.91 Å². The molecule has 3 aromatic rings. The van der Waals surface area contributed by atoms with Gasteiger partial charge in [-0.05, 0) is 24.8 Å². The fourth-order valence-electron chi connectivity index (χ4n) is 5.69. The average Bonchev–Trinajstić information content (AvgIpc) is 3.36. The van der Waals surface area contributed by atoms with Crippen LogP contribution in [-0.4, -0.2) is 101 Å². The van der Waals surface area contributed by atoms with Crippen molar-refractivity contribution < 1.29 is 24.4 Å². The SMILES string of the molecule is C[S+]([O-])N1CCC(O)(Cn2cnc(C(=O)N3CCN(C(=O)O)C[C@H]3Cc3ccccc3)c2-c2ccccc2)CC1. The van der Waals surface area contributed by atoms with Gasteiger partial charge in [0.1, 0.15) is 6.26 Å². The highest BCUT2D eigenvalue weighted by molar-refractivity contribution is 7.88. The number of rotatable bonds is 7. The van der Waals surface area contributed by atoms with Crippen molar-refractivity contribution in [2.45, 2.75) is 37.5 Å². The minimum atomic E-state index is -1.08. The lowest BCUT2D eigenvalue weighted by atomic mass is 9.92. The number of amides is 2. The summed E-state index contributed by atoms with van der Waals surface area (Å²) < 4.78 is 15.6. The monoisotopic (exact) mass is 565 g/mol. The number of carboxylic acid groups (broad SMARTS) is 1. The Kier molecular flexibility index (Phi) is 8.46. The maximum atomic E-state index is 14.2. The van der Waals surface area contributed by atoms with Crippen LogP contribution in [0.5, 0.6) is 0 Å². The molecule has 10 nitrogen and oxygen atoms in total. The van der Waals surface area contributed by atoms with Crippen molar-refractivity contribution in [1.29, 1.82) is 0 Å². The van der Waals surface area contributed by atoms with Crippen LogP contribution in [0.1, 0.15) is 28.9 Å². The summed E-state index contributed by atoms with van der Waals surface area (Å²) >= 11 is -1.08. The highest BCUT2D eigenvalue weighted by Crippen LogP contribution is 2.31. The van der Waals surface area contributed by atoms with Gasteiger partial charge in [0.05, 0.1) is 30.2 Å². The van der Waals surface area contributed by atoms with E-state index in [0.29, 0.717) is 38.0 Å². The molecule has 2 amide bonds. The first-order chi connectivity index (χ1) is 19.2. The van der Waals surface area contributed by atoms with Crippen LogP contribution in [0.4, 0.5) is 4.79 Å². The Morgan fingerprint density at radius 1 is 1.02 bits per heavy atom. The van der Waals surface area contributed by atoms with Crippen LogP contribution in [0.3, 0.4) is 0 Å². The minimum Gasteiger partial charge on any atom is -0.598 e. The molecule has 2 atom stereocenters. The molecule has 11 heteroatoms. The average molecular weight is 566 g/mol. The lowest BCUT2D eigenvalue weighted by molar-refractivity contribution is -0.0190. The zero-order chi connectivity index (χ0) is 28.3. The van der Waals surface area contributed by atoms with Crippen molar-refractivity contribution in [3.8, 4) is 11.3 Å².